The molecule has 0 spiro atoms. The summed E-state index contributed by atoms with van der Waals surface area (Å²) in [5, 5.41) is 2.60. The molecule has 1 fully saturated rings. The standard InChI is InChI=1S/C6H11NO3/c1-2-9-3-5-4-10-6(8)7-5/h5H,2-4H2,1H3,(H,7,8)/t5-/m0/s1. The van der Waals surface area contributed by atoms with Crippen LogP contribution >= 0.6 is 0 Å². The minimum absolute atomic E-state index is 0.0486. The largest absolute Gasteiger partial charge is 0.447 e. The molecule has 1 aliphatic heterocycles. The topological polar surface area (TPSA) is 47.6 Å². The van der Waals surface area contributed by atoms with E-state index in [2.05, 4.69) is 10.1 Å². The van der Waals surface area contributed by atoms with Crippen molar-refractivity contribution in [2.24, 2.45) is 0 Å². The van der Waals surface area contributed by atoms with E-state index < -0.39 is 0 Å². The van der Waals surface area contributed by atoms with E-state index in [0.29, 0.717) is 19.8 Å². The summed E-state index contributed by atoms with van der Waals surface area (Å²) in [6.45, 7) is 3.56. The van der Waals surface area contributed by atoms with Crippen LogP contribution in [0, 0.1) is 0 Å². The van der Waals surface area contributed by atoms with Crippen LogP contribution in [0.1, 0.15) is 6.92 Å². The normalized spacial score (nSPS) is 24.1. The Kier molecular flexibility index (Phi) is 2.50. The molecule has 1 rings (SSSR count). The molecule has 0 bridgehead atoms. The van der Waals surface area contributed by atoms with Crippen LogP contribution in [-0.2, 0) is 9.47 Å². The molecule has 4 nitrogen and oxygen atoms in total. The second-order valence-corrected chi connectivity index (χ2v) is 2.10. The van der Waals surface area contributed by atoms with E-state index in [1.54, 1.807) is 0 Å². The van der Waals surface area contributed by atoms with Crippen molar-refractivity contribution in [2.75, 3.05) is 19.8 Å². The lowest BCUT2D eigenvalue weighted by Crippen LogP contribution is -2.30. The number of cyclic esters (lactones) is 1. The van der Waals surface area contributed by atoms with Gasteiger partial charge in [0.05, 0.1) is 12.6 Å². The van der Waals surface area contributed by atoms with Gasteiger partial charge in [-0.25, -0.2) is 4.79 Å². The first kappa shape index (κ1) is 7.34. The number of ether oxygens (including phenoxy) is 2. The second kappa shape index (κ2) is 3.41. The van der Waals surface area contributed by atoms with Gasteiger partial charge in [0.1, 0.15) is 6.61 Å². The molecule has 4 heteroatoms. The Morgan fingerprint density at radius 2 is 2.70 bits per heavy atom. The average Bonchev–Trinajstić information content (AvgIpc) is 2.31. The van der Waals surface area contributed by atoms with Crippen LogP contribution in [0.3, 0.4) is 0 Å². The van der Waals surface area contributed by atoms with Gasteiger partial charge < -0.3 is 14.8 Å². The van der Waals surface area contributed by atoms with E-state index in [9.17, 15) is 4.79 Å². The maximum atomic E-state index is 10.4. The fourth-order valence-corrected chi connectivity index (χ4v) is 0.776. The number of carbonyl (C=O) groups is 1. The highest BCUT2D eigenvalue weighted by Crippen LogP contribution is 1.97. The van der Waals surface area contributed by atoms with Crippen molar-refractivity contribution in [2.45, 2.75) is 13.0 Å². The van der Waals surface area contributed by atoms with Gasteiger partial charge in [0.2, 0.25) is 0 Å². The van der Waals surface area contributed by atoms with Crippen LogP contribution in [0.4, 0.5) is 4.79 Å². The van der Waals surface area contributed by atoms with Gasteiger partial charge in [-0.2, -0.15) is 0 Å². The molecule has 1 heterocycles. The molecule has 58 valence electrons. The van der Waals surface area contributed by atoms with Crippen LogP contribution in [0.2, 0.25) is 0 Å². The van der Waals surface area contributed by atoms with Crippen LogP contribution in [0.25, 0.3) is 0 Å². The fraction of sp³-hybridized carbons (Fsp3) is 0.833. The molecule has 10 heavy (non-hydrogen) atoms. The molecule has 0 radical (unpaired) electrons. The predicted molar refractivity (Wildman–Crippen MR) is 34.8 cm³/mol. The molecule has 0 aromatic rings. The van der Waals surface area contributed by atoms with E-state index >= 15 is 0 Å². The lowest BCUT2D eigenvalue weighted by Gasteiger charge is -2.04. The van der Waals surface area contributed by atoms with E-state index in [-0.39, 0.29) is 12.1 Å². The molecule has 1 atom stereocenters. The van der Waals surface area contributed by atoms with Gasteiger partial charge in [-0.3, -0.25) is 0 Å². The average molecular weight is 145 g/mol. The zero-order valence-corrected chi connectivity index (χ0v) is 5.92. The molecule has 1 aliphatic rings. The molecule has 0 unspecified atom stereocenters. The third kappa shape index (κ3) is 1.88. The summed E-state index contributed by atoms with van der Waals surface area (Å²) >= 11 is 0. The van der Waals surface area contributed by atoms with Crippen LogP contribution < -0.4 is 5.32 Å². The summed E-state index contributed by atoms with van der Waals surface area (Å²) in [4.78, 5) is 10.4. The van der Waals surface area contributed by atoms with Crippen molar-refractivity contribution < 1.29 is 14.3 Å². The Hall–Kier alpha value is -0.770. The number of rotatable bonds is 3. The maximum Gasteiger partial charge on any atom is 0.407 e. The molecule has 0 aromatic carbocycles. The summed E-state index contributed by atoms with van der Waals surface area (Å²) in [6, 6.07) is 0.0486. The van der Waals surface area contributed by atoms with E-state index in [1.807, 2.05) is 6.92 Å². The summed E-state index contributed by atoms with van der Waals surface area (Å²) in [6.07, 6.45) is -0.343. The lowest BCUT2D eigenvalue weighted by molar-refractivity contribution is 0.121. The highest BCUT2D eigenvalue weighted by atomic mass is 16.6. The Bertz CT molecular complexity index is 126. The number of nitrogens with one attached hydrogen (secondary N) is 1. The highest BCUT2D eigenvalue weighted by Gasteiger charge is 2.21. The Labute approximate surface area is 59.5 Å². The van der Waals surface area contributed by atoms with Crippen molar-refractivity contribution in [1.82, 2.24) is 5.32 Å². The van der Waals surface area contributed by atoms with Crippen molar-refractivity contribution in [1.29, 1.82) is 0 Å². The summed E-state index contributed by atoms with van der Waals surface area (Å²) in [5.41, 5.74) is 0. The number of hydrogen-bond donors (Lipinski definition) is 1. The fourth-order valence-electron chi connectivity index (χ4n) is 0.776. The predicted octanol–water partition coefficient (Wildman–Crippen LogP) is 0.131. The van der Waals surface area contributed by atoms with Crippen molar-refractivity contribution in [3.8, 4) is 0 Å². The van der Waals surface area contributed by atoms with Gasteiger partial charge in [0.15, 0.2) is 0 Å². The zero-order chi connectivity index (χ0) is 7.40. The molecular weight excluding hydrogens is 134 g/mol. The molecule has 1 amide bonds. The Balaban J connectivity index is 2.12. The lowest BCUT2D eigenvalue weighted by atomic mass is 10.4. The quantitative estimate of drug-likeness (QED) is 0.614. The highest BCUT2D eigenvalue weighted by molar-refractivity contribution is 5.69. The Morgan fingerprint density at radius 1 is 1.90 bits per heavy atom. The van der Waals surface area contributed by atoms with Crippen molar-refractivity contribution >= 4 is 6.09 Å². The smallest absolute Gasteiger partial charge is 0.407 e. The number of amides is 1. The minimum atomic E-state index is -0.343. The summed E-state index contributed by atoms with van der Waals surface area (Å²) in [7, 11) is 0. The molecule has 1 N–H and O–H groups in total. The van der Waals surface area contributed by atoms with Gasteiger partial charge in [-0.1, -0.05) is 0 Å². The molecule has 0 aliphatic carbocycles. The maximum absolute atomic E-state index is 10.4. The number of carbonyl (C=O) groups excluding carboxylic acids is 1. The van der Waals surface area contributed by atoms with Gasteiger partial charge >= 0.3 is 6.09 Å². The van der Waals surface area contributed by atoms with E-state index in [1.165, 1.54) is 0 Å². The third-order valence-electron chi connectivity index (χ3n) is 1.26. The minimum Gasteiger partial charge on any atom is -0.447 e. The van der Waals surface area contributed by atoms with Crippen molar-refractivity contribution in [3.05, 3.63) is 0 Å². The van der Waals surface area contributed by atoms with E-state index in [0.717, 1.165) is 0 Å². The SMILES string of the molecule is CCOC[C@H]1COC(=O)N1. The molecule has 0 aromatic heterocycles. The van der Waals surface area contributed by atoms with E-state index in [4.69, 9.17) is 4.74 Å². The van der Waals surface area contributed by atoms with Crippen LogP contribution in [-0.4, -0.2) is 32.0 Å². The summed E-state index contributed by atoms with van der Waals surface area (Å²) in [5.74, 6) is 0. The van der Waals surface area contributed by atoms with Gasteiger partial charge in [0.25, 0.3) is 0 Å². The van der Waals surface area contributed by atoms with Gasteiger partial charge in [-0.15, -0.1) is 0 Å². The first-order valence-corrected chi connectivity index (χ1v) is 3.34. The monoisotopic (exact) mass is 145 g/mol. The van der Waals surface area contributed by atoms with Gasteiger partial charge in [-0.05, 0) is 6.92 Å². The molecule has 0 saturated carbocycles. The number of hydrogen-bond acceptors (Lipinski definition) is 3. The van der Waals surface area contributed by atoms with Crippen LogP contribution in [0.15, 0.2) is 0 Å². The first-order valence-electron chi connectivity index (χ1n) is 3.34. The van der Waals surface area contributed by atoms with Crippen LogP contribution in [0.5, 0.6) is 0 Å². The van der Waals surface area contributed by atoms with Gasteiger partial charge in [0, 0.05) is 6.61 Å². The number of alkyl carbamates (subject to hydrolysis) is 1. The molecular formula is C6H11NO3. The molecule has 1 saturated heterocycles. The third-order valence-corrected chi connectivity index (χ3v) is 1.26. The first-order chi connectivity index (χ1) is 4.83. The summed E-state index contributed by atoms with van der Waals surface area (Å²) < 4.78 is 9.70. The Morgan fingerprint density at radius 3 is 3.20 bits per heavy atom. The zero-order valence-electron chi connectivity index (χ0n) is 5.92. The van der Waals surface area contributed by atoms with Crippen molar-refractivity contribution in [3.63, 3.8) is 0 Å². The second-order valence-electron chi connectivity index (χ2n) is 2.10.